The first-order valence-electron chi connectivity index (χ1n) is 12.5. The lowest BCUT2D eigenvalue weighted by Gasteiger charge is -2.37. The van der Waals surface area contributed by atoms with Gasteiger partial charge in [0.05, 0.1) is 4.99 Å². The normalized spacial score (nSPS) is 17.9. The molecule has 178 valence electrons. The molecule has 2 aliphatic rings. The van der Waals surface area contributed by atoms with Crippen LogP contribution in [-0.4, -0.2) is 71.6 Å². The number of piperidine rings is 1. The van der Waals surface area contributed by atoms with Crippen molar-refractivity contribution in [3.05, 3.63) is 53.2 Å². The van der Waals surface area contributed by atoms with E-state index in [1.165, 1.54) is 22.4 Å². The lowest BCUT2D eigenvalue weighted by molar-refractivity contribution is 0.254. The molecule has 2 fully saturated rings. The largest absolute Gasteiger partial charge is 0.369 e. The van der Waals surface area contributed by atoms with Crippen LogP contribution in [0.25, 0.3) is 0 Å². The Morgan fingerprint density at radius 2 is 1.67 bits per heavy atom. The number of pyridine rings is 1. The van der Waals surface area contributed by atoms with Gasteiger partial charge in [0.15, 0.2) is 0 Å². The molecule has 2 saturated heterocycles. The molecular weight excluding hydrogens is 426 g/mol. The summed E-state index contributed by atoms with van der Waals surface area (Å²) in [5.41, 5.74) is 5.22. The third-order valence-electron chi connectivity index (χ3n) is 7.21. The summed E-state index contributed by atoms with van der Waals surface area (Å²) in [5.74, 6) is 1.00. The minimum atomic E-state index is 0.489. The number of benzene rings is 1. The maximum absolute atomic E-state index is 5.80. The average molecular weight is 466 g/mol. The smallest absolute Gasteiger partial charge is 0.126 e. The van der Waals surface area contributed by atoms with E-state index in [2.05, 4.69) is 76.1 Å². The summed E-state index contributed by atoms with van der Waals surface area (Å²) in [6, 6.07) is 11.6. The topological polar surface area (TPSA) is 34.6 Å². The molecule has 0 bridgehead atoms. The maximum Gasteiger partial charge on any atom is 0.126 e. The number of nitrogens with one attached hydrogen (secondary N) is 1. The van der Waals surface area contributed by atoms with Gasteiger partial charge in [-0.3, -0.25) is 4.90 Å². The van der Waals surface area contributed by atoms with Crippen molar-refractivity contribution in [3.8, 4) is 0 Å². The van der Waals surface area contributed by atoms with Gasteiger partial charge in [-0.15, -0.1) is 0 Å². The number of nitrogens with zero attached hydrogens (tertiary/aromatic N) is 4. The van der Waals surface area contributed by atoms with Crippen molar-refractivity contribution < 1.29 is 0 Å². The summed E-state index contributed by atoms with van der Waals surface area (Å²) in [4.78, 5) is 13.2. The highest BCUT2D eigenvalue weighted by Crippen LogP contribution is 2.20. The van der Waals surface area contributed by atoms with Crippen LogP contribution in [0, 0.1) is 20.8 Å². The zero-order valence-corrected chi connectivity index (χ0v) is 21.3. The zero-order valence-electron chi connectivity index (χ0n) is 20.5. The molecule has 0 radical (unpaired) electrons. The first-order valence-corrected chi connectivity index (χ1v) is 12.9. The van der Waals surface area contributed by atoms with Gasteiger partial charge in [0, 0.05) is 57.2 Å². The molecule has 33 heavy (non-hydrogen) atoms. The predicted molar refractivity (Wildman–Crippen MR) is 144 cm³/mol. The van der Waals surface area contributed by atoms with Crippen LogP contribution in [-0.2, 0) is 0 Å². The molecule has 0 spiro atoms. The number of aryl methyl sites for hydroxylation is 3. The Kier molecular flexibility index (Phi) is 8.20. The third kappa shape index (κ3) is 6.67. The number of piperazine rings is 1. The number of thiocarbonyl (C=S) groups is 1. The number of anilines is 2. The van der Waals surface area contributed by atoms with Crippen LogP contribution in [0.4, 0.5) is 11.5 Å². The minimum Gasteiger partial charge on any atom is -0.369 e. The van der Waals surface area contributed by atoms with Crippen LogP contribution in [0.5, 0.6) is 0 Å². The molecule has 0 saturated carbocycles. The quantitative estimate of drug-likeness (QED) is 0.591. The fraction of sp³-hybridized carbons (Fsp3) is 0.556. The number of rotatable bonds is 7. The molecule has 5 nitrogen and oxygen atoms in total. The fourth-order valence-corrected chi connectivity index (χ4v) is 5.11. The van der Waals surface area contributed by atoms with Gasteiger partial charge in [-0.05, 0) is 82.3 Å². The van der Waals surface area contributed by atoms with Crippen molar-refractivity contribution in [1.29, 1.82) is 0 Å². The molecule has 1 aromatic heterocycles. The predicted octanol–water partition coefficient (Wildman–Crippen LogP) is 4.81. The maximum atomic E-state index is 5.80. The highest BCUT2D eigenvalue weighted by Gasteiger charge is 2.22. The molecule has 2 aromatic rings. The lowest BCUT2D eigenvalue weighted by Crippen LogP contribution is -2.47. The Labute approximate surface area is 205 Å². The van der Waals surface area contributed by atoms with E-state index in [-0.39, 0.29) is 0 Å². The van der Waals surface area contributed by atoms with Crippen LogP contribution >= 0.6 is 12.2 Å². The van der Waals surface area contributed by atoms with E-state index in [0.717, 1.165) is 82.3 Å². The van der Waals surface area contributed by atoms with Crippen LogP contribution in [0.3, 0.4) is 0 Å². The van der Waals surface area contributed by atoms with Crippen molar-refractivity contribution in [2.45, 2.75) is 52.5 Å². The van der Waals surface area contributed by atoms with E-state index < -0.39 is 0 Å². The molecule has 1 N–H and O–H groups in total. The minimum absolute atomic E-state index is 0.489. The SMILES string of the molecule is Cc1ccc(N2CCN(CCCC(=S)N3CCC(Nc4cc(C)c(C)cn4)CC3)CC2)cc1. The molecular formula is C27H39N5S. The number of hydrogen-bond acceptors (Lipinski definition) is 5. The molecule has 0 atom stereocenters. The van der Waals surface area contributed by atoms with Gasteiger partial charge >= 0.3 is 0 Å². The first kappa shape index (κ1) is 24.0. The number of aromatic nitrogens is 1. The van der Waals surface area contributed by atoms with Gasteiger partial charge in [-0.25, -0.2) is 4.98 Å². The zero-order chi connectivity index (χ0) is 23.2. The van der Waals surface area contributed by atoms with Crippen molar-refractivity contribution in [3.63, 3.8) is 0 Å². The van der Waals surface area contributed by atoms with Crippen LogP contribution in [0.15, 0.2) is 36.5 Å². The van der Waals surface area contributed by atoms with Crippen molar-refractivity contribution in [1.82, 2.24) is 14.8 Å². The molecule has 0 aliphatic carbocycles. The highest BCUT2D eigenvalue weighted by atomic mass is 32.1. The van der Waals surface area contributed by atoms with E-state index in [4.69, 9.17) is 12.2 Å². The summed E-state index contributed by atoms with van der Waals surface area (Å²) in [5, 5.41) is 3.62. The van der Waals surface area contributed by atoms with Gasteiger partial charge in [-0.2, -0.15) is 0 Å². The molecule has 6 heteroatoms. The van der Waals surface area contributed by atoms with E-state index in [1.807, 2.05) is 6.20 Å². The Balaban J connectivity index is 1.12. The van der Waals surface area contributed by atoms with Gasteiger partial charge in [0.2, 0.25) is 0 Å². The van der Waals surface area contributed by atoms with E-state index in [9.17, 15) is 0 Å². The van der Waals surface area contributed by atoms with Gasteiger partial charge in [0.25, 0.3) is 0 Å². The Hall–Kier alpha value is -2.18. The first-order chi connectivity index (χ1) is 16.0. The average Bonchev–Trinajstić information content (AvgIpc) is 2.83. The third-order valence-corrected chi connectivity index (χ3v) is 7.67. The molecule has 0 unspecified atom stereocenters. The Morgan fingerprint density at radius 3 is 2.33 bits per heavy atom. The summed E-state index contributed by atoms with van der Waals surface area (Å²) < 4.78 is 0. The molecule has 3 heterocycles. The number of likely N-dealkylation sites (tertiary alicyclic amines) is 1. The van der Waals surface area contributed by atoms with Crippen LogP contribution in [0.1, 0.15) is 42.4 Å². The lowest BCUT2D eigenvalue weighted by atomic mass is 10.0. The molecule has 1 aromatic carbocycles. The molecule has 2 aliphatic heterocycles. The monoisotopic (exact) mass is 465 g/mol. The van der Waals surface area contributed by atoms with E-state index >= 15 is 0 Å². The highest BCUT2D eigenvalue weighted by molar-refractivity contribution is 7.80. The van der Waals surface area contributed by atoms with Crippen LogP contribution in [0.2, 0.25) is 0 Å². The Bertz CT molecular complexity index is 913. The Morgan fingerprint density at radius 1 is 0.970 bits per heavy atom. The fourth-order valence-electron chi connectivity index (χ4n) is 4.78. The molecule has 4 rings (SSSR count). The standard InChI is InChI=1S/C27H39N5S/c1-21-6-8-25(9-7-21)31-17-15-30(16-18-31)12-4-5-27(33)32-13-10-24(11-14-32)29-26-19-22(2)23(3)20-28-26/h6-9,19-20,24H,4-5,10-18H2,1-3H3,(H,28,29). The second kappa shape index (κ2) is 11.3. The van der Waals surface area contributed by atoms with Gasteiger partial charge in [0.1, 0.15) is 5.82 Å². The van der Waals surface area contributed by atoms with E-state index in [0.29, 0.717) is 6.04 Å². The summed E-state index contributed by atoms with van der Waals surface area (Å²) in [6.07, 6.45) is 6.40. The summed E-state index contributed by atoms with van der Waals surface area (Å²) in [7, 11) is 0. The number of hydrogen-bond donors (Lipinski definition) is 1. The van der Waals surface area contributed by atoms with Crippen molar-refractivity contribution in [2.75, 3.05) is 56.0 Å². The summed E-state index contributed by atoms with van der Waals surface area (Å²) in [6.45, 7) is 14.2. The second-order valence-corrected chi connectivity index (χ2v) is 10.2. The van der Waals surface area contributed by atoms with Crippen molar-refractivity contribution >= 4 is 28.7 Å². The molecule has 0 amide bonds. The second-order valence-electron chi connectivity index (χ2n) is 9.72. The van der Waals surface area contributed by atoms with E-state index in [1.54, 1.807) is 0 Å². The van der Waals surface area contributed by atoms with Gasteiger partial charge in [-0.1, -0.05) is 29.9 Å². The van der Waals surface area contributed by atoms with Crippen LogP contribution < -0.4 is 10.2 Å². The van der Waals surface area contributed by atoms with Crippen molar-refractivity contribution in [2.24, 2.45) is 0 Å². The van der Waals surface area contributed by atoms with Gasteiger partial charge < -0.3 is 15.1 Å². The summed E-state index contributed by atoms with van der Waals surface area (Å²) >= 11 is 5.80.